The van der Waals surface area contributed by atoms with E-state index in [4.69, 9.17) is 0 Å². The normalized spacial score (nSPS) is 14.0. The monoisotopic (exact) mass is 403 g/mol. The lowest BCUT2D eigenvalue weighted by molar-refractivity contribution is -0.133. The fourth-order valence-corrected chi connectivity index (χ4v) is 3.01. The summed E-state index contributed by atoms with van der Waals surface area (Å²) in [4.78, 5) is 48.4. The number of nitrogens with one attached hydrogen (secondary N) is 3. The van der Waals surface area contributed by atoms with Crippen LogP contribution in [-0.2, 0) is 25.6 Å². The summed E-state index contributed by atoms with van der Waals surface area (Å²) in [5.74, 6) is -1.14. The Morgan fingerprint density at radius 3 is 2.03 bits per heavy atom. The molecule has 0 heterocycles. The molecule has 0 aliphatic heterocycles. The Morgan fingerprint density at radius 1 is 0.931 bits per heavy atom. The Labute approximate surface area is 173 Å². The average Bonchev–Trinajstić information content (AvgIpc) is 2.64. The van der Waals surface area contributed by atoms with Crippen LogP contribution >= 0.6 is 0 Å². The number of aldehydes is 1. The fourth-order valence-electron chi connectivity index (χ4n) is 3.01. The van der Waals surface area contributed by atoms with E-state index in [0.717, 1.165) is 5.56 Å². The zero-order valence-corrected chi connectivity index (χ0v) is 17.9. The van der Waals surface area contributed by atoms with E-state index in [1.165, 1.54) is 6.92 Å². The number of carbonyl (C=O) groups is 4. The third-order valence-corrected chi connectivity index (χ3v) is 4.44. The van der Waals surface area contributed by atoms with Crippen molar-refractivity contribution in [3.63, 3.8) is 0 Å². The highest BCUT2D eigenvalue weighted by molar-refractivity contribution is 5.92. The molecule has 0 aliphatic rings. The molecular weight excluding hydrogens is 370 g/mol. The van der Waals surface area contributed by atoms with Gasteiger partial charge in [0.15, 0.2) is 0 Å². The number of amides is 3. The SMILES string of the molecule is CC(=O)N[C@@H](CC(C)C)C(=O)N[C@H](C(=O)NC(C=O)Cc1ccccc1)C(C)C. The van der Waals surface area contributed by atoms with Gasteiger partial charge in [0.2, 0.25) is 17.7 Å². The summed E-state index contributed by atoms with van der Waals surface area (Å²) in [6.45, 7) is 8.88. The first-order valence-corrected chi connectivity index (χ1v) is 10.0. The minimum Gasteiger partial charge on any atom is -0.345 e. The van der Waals surface area contributed by atoms with Gasteiger partial charge in [0, 0.05) is 6.92 Å². The van der Waals surface area contributed by atoms with Crippen molar-refractivity contribution in [2.24, 2.45) is 11.8 Å². The van der Waals surface area contributed by atoms with E-state index in [1.807, 2.05) is 58.0 Å². The molecular formula is C22H33N3O4. The highest BCUT2D eigenvalue weighted by atomic mass is 16.2. The molecule has 0 fully saturated rings. The maximum absolute atomic E-state index is 12.8. The van der Waals surface area contributed by atoms with Crippen LogP contribution in [-0.4, -0.2) is 42.1 Å². The molecule has 3 atom stereocenters. The van der Waals surface area contributed by atoms with Crippen molar-refractivity contribution in [2.75, 3.05) is 0 Å². The predicted molar refractivity (Wildman–Crippen MR) is 112 cm³/mol. The van der Waals surface area contributed by atoms with Crippen LogP contribution in [0.1, 0.15) is 46.6 Å². The zero-order valence-electron chi connectivity index (χ0n) is 17.9. The molecule has 3 amide bonds. The van der Waals surface area contributed by atoms with E-state index in [2.05, 4.69) is 16.0 Å². The van der Waals surface area contributed by atoms with Gasteiger partial charge in [-0.1, -0.05) is 58.0 Å². The van der Waals surface area contributed by atoms with Gasteiger partial charge in [-0.3, -0.25) is 14.4 Å². The highest BCUT2D eigenvalue weighted by Gasteiger charge is 2.29. The number of hydrogen-bond acceptors (Lipinski definition) is 4. The largest absolute Gasteiger partial charge is 0.345 e. The molecule has 0 spiro atoms. The van der Waals surface area contributed by atoms with Gasteiger partial charge >= 0.3 is 0 Å². The van der Waals surface area contributed by atoms with Crippen LogP contribution in [0.4, 0.5) is 0 Å². The van der Waals surface area contributed by atoms with Crippen molar-refractivity contribution in [1.82, 2.24) is 16.0 Å². The quantitative estimate of drug-likeness (QED) is 0.488. The van der Waals surface area contributed by atoms with Crippen LogP contribution in [0.2, 0.25) is 0 Å². The van der Waals surface area contributed by atoms with Crippen molar-refractivity contribution in [3.05, 3.63) is 35.9 Å². The lowest BCUT2D eigenvalue weighted by Gasteiger charge is -2.26. The van der Waals surface area contributed by atoms with Gasteiger partial charge in [0.25, 0.3) is 0 Å². The molecule has 7 heteroatoms. The second-order valence-corrected chi connectivity index (χ2v) is 8.05. The Morgan fingerprint density at radius 2 is 1.55 bits per heavy atom. The molecule has 0 aliphatic carbocycles. The van der Waals surface area contributed by atoms with Gasteiger partial charge in [0.1, 0.15) is 18.4 Å². The molecule has 0 saturated heterocycles. The zero-order chi connectivity index (χ0) is 22.0. The Bertz CT molecular complexity index is 689. The molecule has 29 heavy (non-hydrogen) atoms. The standard InChI is InChI=1S/C22H33N3O4/c1-14(2)11-19(23-16(5)27)21(28)25-20(15(3)4)22(29)24-18(13-26)12-17-9-7-6-8-10-17/h6-10,13-15,18-20H,11-12H2,1-5H3,(H,23,27)(H,24,29)(H,25,28)/t18?,19-,20-/m0/s1. The van der Waals surface area contributed by atoms with Crippen LogP contribution < -0.4 is 16.0 Å². The summed E-state index contributed by atoms with van der Waals surface area (Å²) in [5.41, 5.74) is 0.928. The molecule has 0 radical (unpaired) electrons. The molecule has 7 nitrogen and oxygen atoms in total. The lowest BCUT2D eigenvalue weighted by atomic mass is 9.99. The van der Waals surface area contributed by atoms with Crippen LogP contribution in [0.15, 0.2) is 30.3 Å². The van der Waals surface area contributed by atoms with E-state index < -0.39 is 29.9 Å². The van der Waals surface area contributed by atoms with Gasteiger partial charge in [0.05, 0.1) is 6.04 Å². The molecule has 0 bridgehead atoms. The Hall–Kier alpha value is -2.70. The maximum Gasteiger partial charge on any atom is 0.243 e. The third kappa shape index (κ3) is 8.89. The van der Waals surface area contributed by atoms with Crippen molar-refractivity contribution in [3.8, 4) is 0 Å². The molecule has 0 aromatic heterocycles. The Kier molecular flexibility index (Phi) is 10.1. The summed E-state index contributed by atoms with van der Waals surface area (Å²) in [5, 5.41) is 8.09. The summed E-state index contributed by atoms with van der Waals surface area (Å²) >= 11 is 0. The number of rotatable bonds is 11. The van der Waals surface area contributed by atoms with Crippen molar-refractivity contribution in [1.29, 1.82) is 0 Å². The number of carbonyl (C=O) groups excluding carboxylic acids is 4. The van der Waals surface area contributed by atoms with E-state index in [9.17, 15) is 19.2 Å². The van der Waals surface area contributed by atoms with Gasteiger partial charge in [-0.05, 0) is 30.2 Å². The molecule has 0 saturated carbocycles. The van der Waals surface area contributed by atoms with Gasteiger partial charge in [-0.25, -0.2) is 0 Å². The third-order valence-electron chi connectivity index (χ3n) is 4.44. The number of hydrogen-bond donors (Lipinski definition) is 3. The van der Waals surface area contributed by atoms with E-state index in [1.54, 1.807) is 0 Å². The van der Waals surface area contributed by atoms with Gasteiger partial charge in [-0.2, -0.15) is 0 Å². The summed E-state index contributed by atoms with van der Waals surface area (Å²) < 4.78 is 0. The summed E-state index contributed by atoms with van der Waals surface area (Å²) in [7, 11) is 0. The fraction of sp³-hybridized carbons (Fsp3) is 0.545. The van der Waals surface area contributed by atoms with Crippen LogP contribution in [0.5, 0.6) is 0 Å². The number of benzene rings is 1. The van der Waals surface area contributed by atoms with Crippen molar-refractivity contribution >= 4 is 24.0 Å². The second kappa shape index (κ2) is 12.0. The van der Waals surface area contributed by atoms with E-state index >= 15 is 0 Å². The second-order valence-electron chi connectivity index (χ2n) is 8.05. The minimum atomic E-state index is -0.816. The first-order chi connectivity index (χ1) is 13.6. The summed E-state index contributed by atoms with van der Waals surface area (Å²) in [6.07, 6.45) is 1.53. The molecule has 1 aromatic rings. The first-order valence-electron chi connectivity index (χ1n) is 10.0. The van der Waals surface area contributed by atoms with Gasteiger partial charge < -0.3 is 20.7 Å². The topological polar surface area (TPSA) is 104 Å². The molecule has 1 rings (SSSR count). The van der Waals surface area contributed by atoms with Gasteiger partial charge in [-0.15, -0.1) is 0 Å². The van der Waals surface area contributed by atoms with E-state index in [0.29, 0.717) is 19.1 Å². The first kappa shape index (κ1) is 24.3. The average molecular weight is 404 g/mol. The lowest BCUT2D eigenvalue weighted by Crippen LogP contribution is -2.57. The highest BCUT2D eigenvalue weighted by Crippen LogP contribution is 2.09. The maximum atomic E-state index is 12.8. The van der Waals surface area contributed by atoms with Crippen LogP contribution in [0.25, 0.3) is 0 Å². The van der Waals surface area contributed by atoms with Crippen LogP contribution in [0, 0.1) is 11.8 Å². The molecule has 160 valence electrons. The minimum absolute atomic E-state index is 0.189. The summed E-state index contributed by atoms with van der Waals surface area (Å²) in [6, 6.07) is 7.16. The molecule has 1 unspecified atom stereocenters. The van der Waals surface area contributed by atoms with Crippen molar-refractivity contribution < 1.29 is 19.2 Å². The molecule has 3 N–H and O–H groups in total. The predicted octanol–water partition coefficient (Wildman–Crippen LogP) is 1.60. The Balaban J connectivity index is 2.83. The van der Waals surface area contributed by atoms with E-state index in [-0.39, 0.29) is 17.7 Å². The molecule has 1 aromatic carbocycles. The van der Waals surface area contributed by atoms with Crippen molar-refractivity contribution in [2.45, 2.75) is 65.6 Å². The van der Waals surface area contributed by atoms with Crippen LogP contribution in [0.3, 0.4) is 0 Å². The smallest absolute Gasteiger partial charge is 0.243 e.